The molecule has 2 heterocycles. The van der Waals surface area contributed by atoms with Crippen LogP contribution in [0.4, 0.5) is 0 Å². The van der Waals surface area contributed by atoms with Crippen LogP contribution in [0.25, 0.3) is 0 Å². The normalized spacial score (nSPS) is 17.7. The van der Waals surface area contributed by atoms with Crippen LogP contribution in [0.2, 0.25) is 0 Å². The van der Waals surface area contributed by atoms with Gasteiger partial charge in [-0.05, 0) is 12.8 Å². The fourth-order valence-electron chi connectivity index (χ4n) is 1.72. The second-order valence-corrected chi connectivity index (χ2v) is 3.61. The monoisotopic (exact) mass is 210 g/mol. The Hall–Kier alpha value is -1.43. The fourth-order valence-corrected chi connectivity index (χ4v) is 1.72. The van der Waals surface area contributed by atoms with Gasteiger partial charge in [-0.2, -0.15) is 15.4 Å². The number of aromatic nitrogens is 3. The van der Waals surface area contributed by atoms with Crippen molar-refractivity contribution < 1.29 is 9.53 Å². The van der Waals surface area contributed by atoms with E-state index in [9.17, 15) is 4.79 Å². The molecule has 0 saturated carbocycles. The predicted octanol–water partition coefficient (Wildman–Crippen LogP) is 0.0557. The number of ether oxygens (including phenoxy) is 1. The third kappa shape index (κ3) is 2.15. The molecule has 1 N–H and O–H groups in total. The molecule has 82 valence electrons. The van der Waals surface area contributed by atoms with Gasteiger partial charge in [-0.1, -0.05) is 0 Å². The molecule has 0 aromatic carbocycles. The van der Waals surface area contributed by atoms with E-state index < -0.39 is 0 Å². The van der Waals surface area contributed by atoms with Gasteiger partial charge >= 0.3 is 0 Å². The van der Waals surface area contributed by atoms with Crippen LogP contribution in [-0.2, 0) is 4.74 Å². The number of rotatable bonds is 2. The molecule has 1 aromatic rings. The van der Waals surface area contributed by atoms with Gasteiger partial charge < -0.3 is 9.64 Å². The predicted molar refractivity (Wildman–Crippen MR) is 52.3 cm³/mol. The first-order valence-corrected chi connectivity index (χ1v) is 4.99. The van der Waals surface area contributed by atoms with Gasteiger partial charge in [0.1, 0.15) is 0 Å². The molecule has 0 unspecified atom stereocenters. The zero-order chi connectivity index (χ0) is 10.7. The summed E-state index contributed by atoms with van der Waals surface area (Å²) in [5, 5.41) is 9.83. The zero-order valence-corrected chi connectivity index (χ0v) is 8.64. The molecular weight excluding hydrogens is 196 g/mol. The summed E-state index contributed by atoms with van der Waals surface area (Å²) in [7, 11) is 1.80. The van der Waals surface area contributed by atoms with Crippen molar-refractivity contribution in [3.05, 3.63) is 11.9 Å². The van der Waals surface area contributed by atoms with E-state index in [-0.39, 0.29) is 11.9 Å². The Labute approximate surface area is 87.6 Å². The van der Waals surface area contributed by atoms with Crippen molar-refractivity contribution in [2.24, 2.45) is 0 Å². The zero-order valence-electron chi connectivity index (χ0n) is 8.64. The standard InChI is InChI=1S/C9H14N4O2/c1-13(7-2-4-15-5-3-7)9(14)8-6-10-12-11-8/h6-7H,2-5H2,1H3,(H,10,11,12). The van der Waals surface area contributed by atoms with Crippen molar-refractivity contribution >= 4 is 5.91 Å². The van der Waals surface area contributed by atoms with Crippen LogP contribution in [0.5, 0.6) is 0 Å². The van der Waals surface area contributed by atoms with E-state index in [0.29, 0.717) is 5.69 Å². The van der Waals surface area contributed by atoms with E-state index in [4.69, 9.17) is 4.74 Å². The highest BCUT2D eigenvalue weighted by Gasteiger charge is 2.24. The molecule has 1 amide bonds. The van der Waals surface area contributed by atoms with E-state index in [1.807, 2.05) is 0 Å². The number of H-pyrrole nitrogens is 1. The molecule has 2 rings (SSSR count). The van der Waals surface area contributed by atoms with Gasteiger partial charge in [0.15, 0.2) is 5.69 Å². The molecule has 6 nitrogen and oxygen atoms in total. The Morgan fingerprint density at radius 3 is 2.93 bits per heavy atom. The van der Waals surface area contributed by atoms with Crippen LogP contribution in [-0.4, -0.2) is 52.5 Å². The van der Waals surface area contributed by atoms with Crippen LogP contribution >= 0.6 is 0 Å². The van der Waals surface area contributed by atoms with Crippen molar-refractivity contribution in [3.63, 3.8) is 0 Å². The third-order valence-electron chi connectivity index (χ3n) is 2.69. The summed E-state index contributed by atoms with van der Waals surface area (Å²) in [6, 6.07) is 0.253. The molecule has 1 saturated heterocycles. The Morgan fingerprint density at radius 2 is 2.33 bits per heavy atom. The number of aromatic amines is 1. The molecule has 1 fully saturated rings. The number of hydrogen-bond donors (Lipinski definition) is 1. The molecule has 1 aliphatic rings. The van der Waals surface area contributed by atoms with Gasteiger partial charge in [0.05, 0.1) is 6.20 Å². The van der Waals surface area contributed by atoms with Crippen LogP contribution in [0.15, 0.2) is 6.20 Å². The molecule has 1 aliphatic heterocycles. The summed E-state index contributed by atoms with van der Waals surface area (Å²) in [5.41, 5.74) is 0.365. The first-order chi connectivity index (χ1) is 7.29. The largest absolute Gasteiger partial charge is 0.381 e. The van der Waals surface area contributed by atoms with Crippen molar-refractivity contribution in [1.29, 1.82) is 0 Å². The van der Waals surface area contributed by atoms with Crippen LogP contribution in [0, 0.1) is 0 Å². The van der Waals surface area contributed by atoms with Gasteiger partial charge in [0.25, 0.3) is 5.91 Å². The van der Waals surface area contributed by atoms with Crippen LogP contribution in [0.3, 0.4) is 0 Å². The van der Waals surface area contributed by atoms with Gasteiger partial charge in [-0.25, -0.2) is 0 Å². The van der Waals surface area contributed by atoms with Gasteiger partial charge in [0, 0.05) is 26.3 Å². The van der Waals surface area contributed by atoms with Crippen molar-refractivity contribution in [3.8, 4) is 0 Å². The van der Waals surface area contributed by atoms with Crippen molar-refractivity contribution in [2.75, 3.05) is 20.3 Å². The minimum absolute atomic E-state index is 0.0874. The third-order valence-corrected chi connectivity index (χ3v) is 2.69. The lowest BCUT2D eigenvalue weighted by Gasteiger charge is -2.30. The summed E-state index contributed by atoms with van der Waals surface area (Å²) < 4.78 is 5.25. The first-order valence-electron chi connectivity index (χ1n) is 4.99. The Bertz CT molecular complexity index is 319. The molecule has 6 heteroatoms. The summed E-state index contributed by atoms with van der Waals surface area (Å²) in [5.74, 6) is -0.0874. The average molecular weight is 210 g/mol. The van der Waals surface area contributed by atoms with Crippen molar-refractivity contribution in [1.82, 2.24) is 20.3 Å². The van der Waals surface area contributed by atoms with Gasteiger partial charge in [-0.3, -0.25) is 4.79 Å². The second-order valence-electron chi connectivity index (χ2n) is 3.61. The first kappa shape index (κ1) is 10.1. The lowest BCUT2D eigenvalue weighted by Crippen LogP contribution is -2.40. The quantitative estimate of drug-likeness (QED) is 0.749. The number of nitrogens with one attached hydrogen (secondary N) is 1. The summed E-state index contributed by atoms with van der Waals surface area (Å²) >= 11 is 0. The maximum absolute atomic E-state index is 11.9. The van der Waals surface area contributed by atoms with E-state index in [1.165, 1.54) is 6.20 Å². The maximum Gasteiger partial charge on any atom is 0.276 e. The minimum atomic E-state index is -0.0874. The fraction of sp³-hybridized carbons (Fsp3) is 0.667. The maximum atomic E-state index is 11.9. The van der Waals surface area contributed by atoms with Crippen molar-refractivity contribution in [2.45, 2.75) is 18.9 Å². The van der Waals surface area contributed by atoms with Gasteiger partial charge in [0.2, 0.25) is 0 Å². The minimum Gasteiger partial charge on any atom is -0.381 e. The lowest BCUT2D eigenvalue weighted by atomic mass is 10.1. The molecular formula is C9H14N4O2. The van der Waals surface area contributed by atoms with Crippen LogP contribution < -0.4 is 0 Å². The summed E-state index contributed by atoms with van der Waals surface area (Å²) in [6.07, 6.45) is 3.22. The molecule has 0 spiro atoms. The van der Waals surface area contributed by atoms with E-state index >= 15 is 0 Å². The summed E-state index contributed by atoms with van der Waals surface area (Å²) in [4.78, 5) is 13.6. The number of amides is 1. The molecule has 15 heavy (non-hydrogen) atoms. The summed E-state index contributed by atoms with van der Waals surface area (Å²) in [6.45, 7) is 1.45. The highest BCUT2D eigenvalue weighted by molar-refractivity contribution is 5.91. The topological polar surface area (TPSA) is 71.1 Å². The Kier molecular flexibility index (Phi) is 2.96. The number of nitrogens with zero attached hydrogens (tertiary/aromatic N) is 3. The van der Waals surface area contributed by atoms with Crippen LogP contribution in [0.1, 0.15) is 23.3 Å². The van der Waals surface area contributed by atoms with E-state index in [1.54, 1.807) is 11.9 Å². The highest BCUT2D eigenvalue weighted by atomic mass is 16.5. The molecule has 0 radical (unpaired) electrons. The highest BCUT2D eigenvalue weighted by Crippen LogP contribution is 2.14. The Morgan fingerprint density at radius 1 is 1.60 bits per heavy atom. The lowest BCUT2D eigenvalue weighted by molar-refractivity contribution is 0.0359. The Balaban J connectivity index is 2.00. The average Bonchev–Trinajstić information content (AvgIpc) is 2.82. The molecule has 1 aromatic heterocycles. The molecule has 0 aliphatic carbocycles. The number of carbonyl (C=O) groups is 1. The van der Waals surface area contributed by atoms with E-state index in [2.05, 4.69) is 15.4 Å². The molecule has 0 atom stereocenters. The number of hydrogen-bond acceptors (Lipinski definition) is 4. The molecule has 0 bridgehead atoms. The van der Waals surface area contributed by atoms with Gasteiger partial charge in [-0.15, -0.1) is 0 Å². The number of carbonyl (C=O) groups excluding carboxylic acids is 1. The SMILES string of the molecule is CN(C(=O)c1cn[nH]n1)C1CCOCC1. The smallest absolute Gasteiger partial charge is 0.276 e. The second kappa shape index (κ2) is 4.39. The van der Waals surface area contributed by atoms with E-state index in [0.717, 1.165) is 26.1 Å².